The molecule has 1 aromatic heterocycles. The predicted molar refractivity (Wildman–Crippen MR) is 79.6 cm³/mol. The van der Waals surface area contributed by atoms with E-state index in [0.29, 0.717) is 13.1 Å². The van der Waals surface area contributed by atoms with E-state index in [1.807, 2.05) is 22.6 Å². The first-order valence-corrected chi connectivity index (χ1v) is 7.40. The Labute approximate surface area is 125 Å². The number of ether oxygens (including phenoxy) is 1. The number of hydrogen-bond donors (Lipinski definition) is 1. The number of primary amides is 1. The molecule has 1 atom stereocenters. The monoisotopic (exact) mass is 295 g/mol. The van der Waals surface area contributed by atoms with Gasteiger partial charge < -0.3 is 15.4 Å². The molecule has 1 saturated heterocycles. The summed E-state index contributed by atoms with van der Waals surface area (Å²) in [6, 6.07) is 1.98. The second kappa shape index (κ2) is 7.53. The zero-order valence-corrected chi connectivity index (χ0v) is 12.9. The Morgan fingerprint density at radius 3 is 3.10 bits per heavy atom. The normalized spacial score (nSPS) is 20.0. The fraction of sp³-hybridized carbons (Fsp3) is 0.714. The van der Waals surface area contributed by atoms with Crippen LogP contribution in [0.1, 0.15) is 12.6 Å². The molecule has 0 saturated carbocycles. The van der Waals surface area contributed by atoms with Gasteiger partial charge in [0.1, 0.15) is 0 Å². The van der Waals surface area contributed by atoms with E-state index in [-0.39, 0.29) is 18.6 Å². The molecule has 0 spiro atoms. The third-order valence-electron chi connectivity index (χ3n) is 3.67. The first kappa shape index (κ1) is 15.9. The molecule has 1 aromatic rings. The van der Waals surface area contributed by atoms with E-state index >= 15 is 0 Å². The fourth-order valence-electron chi connectivity index (χ4n) is 2.68. The van der Waals surface area contributed by atoms with Crippen molar-refractivity contribution in [3.05, 3.63) is 18.0 Å². The number of carbonyl (C=O) groups excluding carboxylic acids is 1. The smallest absolute Gasteiger partial charge is 0.231 e. The highest BCUT2D eigenvalue weighted by Gasteiger charge is 2.22. The largest absolute Gasteiger partial charge is 0.374 e. The Bertz CT molecular complexity index is 462. The Morgan fingerprint density at radius 2 is 2.43 bits per heavy atom. The minimum absolute atomic E-state index is 0.112. The summed E-state index contributed by atoms with van der Waals surface area (Å²) in [4.78, 5) is 15.6. The molecule has 21 heavy (non-hydrogen) atoms. The lowest BCUT2D eigenvalue weighted by molar-refractivity contribution is -0.120. The van der Waals surface area contributed by atoms with Gasteiger partial charge in [-0.05, 0) is 20.0 Å². The van der Waals surface area contributed by atoms with Crippen molar-refractivity contribution in [2.45, 2.75) is 26.1 Å². The molecule has 0 aromatic carbocycles. The fourth-order valence-corrected chi connectivity index (χ4v) is 2.68. The molecule has 2 heterocycles. The summed E-state index contributed by atoms with van der Waals surface area (Å²) in [5, 5.41) is 4.26. The first-order valence-electron chi connectivity index (χ1n) is 7.40. The van der Waals surface area contributed by atoms with Gasteiger partial charge in [-0.3, -0.25) is 14.4 Å². The molecule has 2 rings (SSSR count). The molecular weight excluding hydrogens is 270 g/mol. The standard InChI is InChI=1S/C14H25N5O2/c1-3-19-12(4-5-16-19)8-18(11-14(15)20)10-13-9-17(2)6-7-21-13/h4-5,13H,3,6-11H2,1-2H3,(H2,15,20). The second-order valence-electron chi connectivity index (χ2n) is 5.53. The molecule has 1 unspecified atom stereocenters. The molecule has 1 amide bonds. The quantitative estimate of drug-likeness (QED) is 0.735. The van der Waals surface area contributed by atoms with Crippen LogP contribution in [0.4, 0.5) is 0 Å². The summed E-state index contributed by atoms with van der Waals surface area (Å²) < 4.78 is 7.71. The number of hydrogen-bond acceptors (Lipinski definition) is 5. The van der Waals surface area contributed by atoms with Gasteiger partial charge in [0.2, 0.25) is 5.91 Å². The second-order valence-corrected chi connectivity index (χ2v) is 5.53. The summed E-state index contributed by atoms with van der Waals surface area (Å²) in [6.07, 6.45) is 1.90. The summed E-state index contributed by atoms with van der Waals surface area (Å²) in [5.41, 5.74) is 6.46. The molecule has 1 aliphatic rings. The van der Waals surface area contributed by atoms with Crippen LogP contribution >= 0.6 is 0 Å². The first-order chi connectivity index (χ1) is 10.1. The van der Waals surface area contributed by atoms with Gasteiger partial charge in [0.25, 0.3) is 0 Å². The van der Waals surface area contributed by atoms with Crippen LogP contribution in [0.2, 0.25) is 0 Å². The van der Waals surface area contributed by atoms with Crippen LogP contribution in [0, 0.1) is 0 Å². The van der Waals surface area contributed by atoms with Crippen LogP contribution in [-0.2, 0) is 22.6 Å². The molecule has 7 heteroatoms. The Morgan fingerprint density at radius 1 is 1.62 bits per heavy atom. The third kappa shape index (κ3) is 4.80. The lowest BCUT2D eigenvalue weighted by Crippen LogP contribution is -2.47. The summed E-state index contributed by atoms with van der Waals surface area (Å²) in [6.45, 7) is 7.01. The summed E-state index contributed by atoms with van der Waals surface area (Å²) >= 11 is 0. The van der Waals surface area contributed by atoms with Crippen LogP contribution in [0.5, 0.6) is 0 Å². The topological polar surface area (TPSA) is 76.6 Å². The van der Waals surface area contributed by atoms with Crippen LogP contribution < -0.4 is 5.73 Å². The number of nitrogens with zero attached hydrogens (tertiary/aromatic N) is 4. The molecule has 0 bridgehead atoms. The van der Waals surface area contributed by atoms with Crippen molar-refractivity contribution in [1.82, 2.24) is 19.6 Å². The number of morpholine rings is 1. The number of likely N-dealkylation sites (N-methyl/N-ethyl adjacent to an activating group) is 1. The minimum atomic E-state index is -0.318. The molecule has 1 aliphatic heterocycles. The van der Waals surface area contributed by atoms with Crippen molar-refractivity contribution >= 4 is 5.91 Å². The van der Waals surface area contributed by atoms with Gasteiger partial charge in [-0.25, -0.2) is 0 Å². The van der Waals surface area contributed by atoms with Gasteiger partial charge in [-0.1, -0.05) is 0 Å². The highest BCUT2D eigenvalue weighted by Crippen LogP contribution is 2.09. The van der Waals surface area contributed by atoms with Crippen molar-refractivity contribution in [2.24, 2.45) is 5.73 Å². The van der Waals surface area contributed by atoms with Crippen molar-refractivity contribution in [1.29, 1.82) is 0 Å². The highest BCUT2D eigenvalue weighted by molar-refractivity contribution is 5.75. The summed E-state index contributed by atoms with van der Waals surface area (Å²) in [5.74, 6) is -0.318. The van der Waals surface area contributed by atoms with E-state index < -0.39 is 0 Å². The maximum absolute atomic E-state index is 11.3. The van der Waals surface area contributed by atoms with E-state index in [2.05, 4.69) is 17.0 Å². The van der Waals surface area contributed by atoms with Gasteiger partial charge in [-0.15, -0.1) is 0 Å². The van der Waals surface area contributed by atoms with Crippen LogP contribution in [-0.4, -0.2) is 71.4 Å². The zero-order valence-electron chi connectivity index (χ0n) is 12.9. The average Bonchev–Trinajstić information content (AvgIpc) is 2.85. The van der Waals surface area contributed by atoms with Gasteiger partial charge in [0, 0.05) is 38.9 Å². The SMILES string of the molecule is CCn1nccc1CN(CC(N)=O)CC1CN(C)CCO1. The highest BCUT2D eigenvalue weighted by atomic mass is 16.5. The van der Waals surface area contributed by atoms with E-state index in [1.54, 1.807) is 6.20 Å². The minimum Gasteiger partial charge on any atom is -0.374 e. The Kier molecular flexibility index (Phi) is 5.72. The van der Waals surface area contributed by atoms with Gasteiger partial charge in [0.15, 0.2) is 0 Å². The number of aromatic nitrogens is 2. The van der Waals surface area contributed by atoms with Gasteiger partial charge in [-0.2, -0.15) is 5.10 Å². The molecule has 118 valence electrons. The number of rotatable bonds is 7. The molecule has 0 aliphatic carbocycles. The Hall–Kier alpha value is -1.44. The van der Waals surface area contributed by atoms with Gasteiger partial charge in [0.05, 0.1) is 24.9 Å². The van der Waals surface area contributed by atoms with Crippen molar-refractivity contribution in [3.63, 3.8) is 0 Å². The van der Waals surface area contributed by atoms with Crippen molar-refractivity contribution in [3.8, 4) is 0 Å². The number of carbonyl (C=O) groups is 1. The van der Waals surface area contributed by atoms with E-state index in [4.69, 9.17) is 10.5 Å². The van der Waals surface area contributed by atoms with Crippen LogP contribution in [0.25, 0.3) is 0 Å². The maximum atomic E-state index is 11.3. The van der Waals surface area contributed by atoms with Gasteiger partial charge >= 0.3 is 0 Å². The molecule has 2 N–H and O–H groups in total. The van der Waals surface area contributed by atoms with E-state index in [9.17, 15) is 4.79 Å². The van der Waals surface area contributed by atoms with Crippen LogP contribution in [0.15, 0.2) is 12.3 Å². The molecular formula is C14H25N5O2. The summed E-state index contributed by atoms with van der Waals surface area (Å²) in [7, 11) is 2.08. The zero-order chi connectivity index (χ0) is 15.2. The molecule has 7 nitrogen and oxygen atoms in total. The van der Waals surface area contributed by atoms with Crippen molar-refractivity contribution in [2.75, 3.05) is 39.8 Å². The average molecular weight is 295 g/mol. The lowest BCUT2D eigenvalue weighted by atomic mass is 10.2. The number of aryl methyl sites for hydroxylation is 1. The Balaban J connectivity index is 1.98. The van der Waals surface area contributed by atoms with E-state index in [0.717, 1.165) is 31.9 Å². The van der Waals surface area contributed by atoms with Crippen molar-refractivity contribution < 1.29 is 9.53 Å². The predicted octanol–water partition coefficient (Wildman–Crippen LogP) is -0.479. The maximum Gasteiger partial charge on any atom is 0.231 e. The number of nitrogens with two attached hydrogens (primary N) is 1. The lowest BCUT2D eigenvalue weighted by Gasteiger charge is -2.33. The molecule has 0 radical (unpaired) electrons. The number of amides is 1. The van der Waals surface area contributed by atoms with Crippen LogP contribution in [0.3, 0.4) is 0 Å². The van der Waals surface area contributed by atoms with E-state index in [1.165, 1.54) is 0 Å². The molecule has 1 fully saturated rings. The third-order valence-corrected chi connectivity index (χ3v) is 3.67.